The van der Waals surface area contributed by atoms with Gasteiger partial charge >= 0.3 is 5.97 Å². The van der Waals surface area contributed by atoms with Gasteiger partial charge in [-0.15, -0.1) is 11.3 Å². The number of pyridine rings is 1. The molecule has 1 aliphatic carbocycles. The fourth-order valence-electron chi connectivity index (χ4n) is 4.16. The minimum Gasteiger partial charge on any atom is -0.497 e. The number of ether oxygens (including phenoxy) is 2. The molecule has 2 aromatic carbocycles. The van der Waals surface area contributed by atoms with E-state index in [1.165, 1.54) is 0 Å². The van der Waals surface area contributed by atoms with Crippen LogP contribution in [-0.4, -0.2) is 30.6 Å². The van der Waals surface area contributed by atoms with E-state index in [0.29, 0.717) is 23.4 Å². The average molecular weight is 471 g/mol. The summed E-state index contributed by atoms with van der Waals surface area (Å²) >= 11 is 1.66. The summed E-state index contributed by atoms with van der Waals surface area (Å²) in [7, 11) is 1.56. The van der Waals surface area contributed by atoms with Crippen molar-refractivity contribution in [1.82, 2.24) is 4.98 Å². The van der Waals surface area contributed by atoms with Gasteiger partial charge in [0.05, 0.1) is 23.9 Å². The van der Waals surface area contributed by atoms with Crippen molar-refractivity contribution in [3.05, 3.63) is 87.7 Å². The van der Waals surface area contributed by atoms with Crippen LogP contribution in [0.15, 0.2) is 66.0 Å². The maximum Gasteiger partial charge on any atom is 0.339 e. The molecule has 0 unspecified atom stereocenters. The van der Waals surface area contributed by atoms with E-state index in [1.54, 1.807) is 42.7 Å². The molecule has 1 N–H and O–H groups in total. The van der Waals surface area contributed by atoms with Crippen molar-refractivity contribution in [3.63, 3.8) is 0 Å². The first-order valence-corrected chi connectivity index (χ1v) is 11.8. The molecule has 0 saturated carbocycles. The lowest BCUT2D eigenvalue weighted by molar-refractivity contribution is -0.119. The number of amides is 1. The average Bonchev–Trinajstić information content (AvgIpc) is 3.51. The van der Waals surface area contributed by atoms with E-state index in [4.69, 9.17) is 14.5 Å². The lowest BCUT2D eigenvalue weighted by Gasteiger charge is -2.12. The molecule has 2 heterocycles. The number of thiophene rings is 1. The summed E-state index contributed by atoms with van der Waals surface area (Å²) in [5.74, 6) is -0.317. The highest BCUT2D eigenvalue weighted by Gasteiger charge is 2.28. The van der Waals surface area contributed by atoms with Crippen molar-refractivity contribution in [2.45, 2.75) is 12.8 Å². The molecule has 2 aromatic heterocycles. The van der Waals surface area contributed by atoms with Crippen molar-refractivity contribution < 1.29 is 19.1 Å². The molecule has 170 valence electrons. The molecule has 6 nitrogen and oxygen atoms in total. The molecular weight excluding hydrogens is 448 g/mol. The number of esters is 1. The smallest absolute Gasteiger partial charge is 0.339 e. The first-order chi connectivity index (χ1) is 16.6. The molecule has 0 aliphatic heterocycles. The van der Waals surface area contributed by atoms with Crippen LogP contribution in [0.4, 0.5) is 5.69 Å². The maximum absolute atomic E-state index is 13.2. The van der Waals surface area contributed by atoms with E-state index in [2.05, 4.69) is 17.5 Å². The monoisotopic (exact) mass is 470 g/mol. The van der Waals surface area contributed by atoms with Crippen LogP contribution in [0.25, 0.3) is 22.6 Å². The SMILES string of the molecule is COc1cccc(NC(=O)COC(=O)c2c3c(nc4ccccc24)/C(=C\c2cccs2)CC3)c1. The highest BCUT2D eigenvalue weighted by molar-refractivity contribution is 7.10. The standard InChI is InChI=1S/C27H22N2O4S/c1-32-19-7-4-6-18(15-19)28-24(30)16-33-27(31)25-21-9-2-3-10-23(21)29-26-17(11-12-22(25)26)14-20-8-5-13-34-20/h2-10,13-15H,11-12,16H2,1H3,(H,28,30)/b17-14-. The number of para-hydroxylation sites is 1. The van der Waals surface area contributed by atoms with E-state index in [0.717, 1.165) is 39.0 Å². The van der Waals surface area contributed by atoms with Gasteiger partial charge in [0.25, 0.3) is 5.91 Å². The van der Waals surface area contributed by atoms with Crippen LogP contribution in [0.2, 0.25) is 0 Å². The van der Waals surface area contributed by atoms with Crippen LogP contribution in [0.3, 0.4) is 0 Å². The Morgan fingerprint density at radius 2 is 1.97 bits per heavy atom. The molecule has 4 aromatic rings. The topological polar surface area (TPSA) is 77.5 Å². The number of nitrogens with one attached hydrogen (secondary N) is 1. The fraction of sp³-hybridized carbons (Fsp3) is 0.148. The van der Waals surface area contributed by atoms with Gasteiger partial charge in [-0.05, 0) is 59.7 Å². The Morgan fingerprint density at radius 3 is 2.79 bits per heavy atom. The molecule has 1 amide bonds. The number of hydrogen-bond donors (Lipinski definition) is 1. The molecule has 1 aliphatic rings. The van der Waals surface area contributed by atoms with E-state index in [9.17, 15) is 9.59 Å². The predicted molar refractivity (Wildman–Crippen MR) is 134 cm³/mol. The van der Waals surface area contributed by atoms with Crippen LogP contribution in [-0.2, 0) is 16.0 Å². The first-order valence-electron chi connectivity index (χ1n) is 10.9. The van der Waals surface area contributed by atoms with Gasteiger partial charge in [-0.3, -0.25) is 4.79 Å². The Morgan fingerprint density at radius 1 is 1.09 bits per heavy atom. The Hall–Kier alpha value is -3.97. The zero-order valence-electron chi connectivity index (χ0n) is 18.5. The second-order valence-corrected chi connectivity index (χ2v) is 8.85. The van der Waals surface area contributed by atoms with Crippen LogP contribution in [0, 0.1) is 0 Å². The normalized spacial score (nSPS) is 13.6. The van der Waals surface area contributed by atoms with Crippen molar-refractivity contribution in [1.29, 1.82) is 0 Å². The number of fused-ring (bicyclic) bond motifs is 2. The molecule has 0 radical (unpaired) electrons. The van der Waals surface area contributed by atoms with Gasteiger partial charge in [0.15, 0.2) is 6.61 Å². The number of anilines is 1. The minimum absolute atomic E-state index is 0.390. The summed E-state index contributed by atoms with van der Waals surface area (Å²) in [6, 6.07) is 18.6. The second-order valence-electron chi connectivity index (χ2n) is 7.87. The van der Waals surface area contributed by atoms with Gasteiger partial charge in [-0.2, -0.15) is 0 Å². The largest absolute Gasteiger partial charge is 0.497 e. The summed E-state index contributed by atoms with van der Waals surface area (Å²) in [5, 5.41) is 5.50. The zero-order valence-corrected chi connectivity index (χ0v) is 19.4. The van der Waals surface area contributed by atoms with Gasteiger partial charge < -0.3 is 14.8 Å². The lowest BCUT2D eigenvalue weighted by atomic mass is 10.0. The molecular formula is C27H22N2O4S. The second kappa shape index (κ2) is 9.49. The number of methoxy groups -OCH3 is 1. The number of hydrogen-bond acceptors (Lipinski definition) is 6. The molecule has 0 fully saturated rings. The molecule has 0 atom stereocenters. The van der Waals surface area contributed by atoms with Gasteiger partial charge in [0.1, 0.15) is 5.75 Å². The fourth-order valence-corrected chi connectivity index (χ4v) is 4.84. The van der Waals surface area contributed by atoms with E-state index in [1.807, 2.05) is 35.7 Å². The summed E-state index contributed by atoms with van der Waals surface area (Å²) in [4.78, 5) is 31.7. The van der Waals surface area contributed by atoms with Crippen molar-refractivity contribution >= 4 is 51.5 Å². The highest BCUT2D eigenvalue weighted by atomic mass is 32.1. The molecule has 0 saturated heterocycles. The number of carbonyl (C=O) groups is 2. The highest BCUT2D eigenvalue weighted by Crippen LogP contribution is 2.38. The summed E-state index contributed by atoms with van der Waals surface area (Å²) < 4.78 is 10.6. The van der Waals surface area contributed by atoms with E-state index >= 15 is 0 Å². The third-order valence-corrected chi connectivity index (χ3v) is 6.51. The lowest BCUT2D eigenvalue weighted by Crippen LogP contribution is -2.21. The Bertz CT molecular complexity index is 1410. The van der Waals surface area contributed by atoms with Crippen LogP contribution >= 0.6 is 11.3 Å². The minimum atomic E-state index is -0.520. The number of aromatic nitrogens is 1. The molecule has 0 bridgehead atoms. The number of nitrogens with zero attached hydrogens (tertiary/aromatic N) is 1. The number of carbonyl (C=O) groups excluding carboxylic acids is 2. The van der Waals surface area contributed by atoms with Crippen molar-refractivity contribution in [3.8, 4) is 5.75 Å². The third kappa shape index (κ3) is 4.43. The molecule has 5 rings (SSSR count). The third-order valence-electron chi connectivity index (χ3n) is 5.69. The van der Waals surface area contributed by atoms with Crippen LogP contribution < -0.4 is 10.1 Å². The Labute approximate surface area is 200 Å². The van der Waals surface area contributed by atoms with Gasteiger partial charge in [0.2, 0.25) is 0 Å². The predicted octanol–water partition coefficient (Wildman–Crippen LogP) is 5.59. The van der Waals surface area contributed by atoms with Crippen molar-refractivity contribution in [2.75, 3.05) is 19.0 Å². The number of benzene rings is 2. The van der Waals surface area contributed by atoms with Gasteiger partial charge in [0, 0.05) is 22.0 Å². The number of allylic oxidation sites excluding steroid dienone is 1. The quantitative estimate of drug-likeness (QED) is 0.372. The molecule has 0 spiro atoms. The summed E-state index contributed by atoms with van der Waals surface area (Å²) in [6.07, 6.45) is 3.63. The van der Waals surface area contributed by atoms with Crippen LogP contribution in [0.5, 0.6) is 5.75 Å². The van der Waals surface area contributed by atoms with E-state index in [-0.39, 0.29) is 6.61 Å². The maximum atomic E-state index is 13.2. The van der Waals surface area contributed by atoms with Gasteiger partial charge in [-0.1, -0.05) is 30.3 Å². The van der Waals surface area contributed by atoms with Crippen molar-refractivity contribution in [2.24, 2.45) is 0 Å². The molecule has 7 heteroatoms. The Kier molecular flexibility index (Phi) is 6.10. The van der Waals surface area contributed by atoms with E-state index < -0.39 is 11.9 Å². The summed E-state index contributed by atoms with van der Waals surface area (Å²) in [6.45, 7) is -0.390. The Balaban J connectivity index is 1.40. The zero-order chi connectivity index (χ0) is 23.5. The summed E-state index contributed by atoms with van der Waals surface area (Å²) in [5.41, 5.74) is 4.60. The van der Waals surface area contributed by atoms with Gasteiger partial charge in [-0.25, -0.2) is 9.78 Å². The molecule has 34 heavy (non-hydrogen) atoms. The van der Waals surface area contributed by atoms with Crippen LogP contribution in [0.1, 0.15) is 32.9 Å². The first kappa shape index (κ1) is 21.9. The number of rotatable bonds is 6.